The van der Waals surface area contributed by atoms with E-state index in [-0.39, 0.29) is 0 Å². The van der Waals surface area contributed by atoms with Crippen LogP contribution >= 0.6 is 23.4 Å². The summed E-state index contributed by atoms with van der Waals surface area (Å²) in [5, 5.41) is 9.52. The largest absolute Gasteiger partial charge is 0.316 e. The lowest BCUT2D eigenvalue weighted by Crippen LogP contribution is -2.49. The van der Waals surface area contributed by atoms with Crippen molar-refractivity contribution in [2.75, 3.05) is 39.0 Å². The fourth-order valence-electron chi connectivity index (χ4n) is 5.22. The molecule has 176 valence electrons. The van der Waals surface area contributed by atoms with Crippen molar-refractivity contribution in [3.63, 3.8) is 0 Å². The Labute approximate surface area is 203 Å². The highest BCUT2D eigenvalue weighted by Crippen LogP contribution is 2.35. The summed E-state index contributed by atoms with van der Waals surface area (Å²) < 4.78 is 18.0. The van der Waals surface area contributed by atoms with E-state index in [4.69, 9.17) is 16.6 Å². The van der Waals surface area contributed by atoms with Crippen LogP contribution in [0.5, 0.6) is 0 Å². The minimum Gasteiger partial charge on any atom is -0.316 e. The van der Waals surface area contributed by atoms with Crippen molar-refractivity contribution in [2.45, 2.75) is 49.1 Å². The molecule has 2 aromatic heterocycles. The first-order valence-electron chi connectivity index (χ1n) is 11.6. The monoisotopic (exact) mass is 488 g/mol. The van der Waals surface area contributed by atoms with Crippen LogP contribution < -0.4 is 0 Å². The number of halogens is 2. The molecule has 0 radical (unpaired) electrons. The highest BCUT2D eigenvalue weighted by Gasteiger charge is 2.37. The summed E-state index contributed by atoms with van der Waals surface area (Å²) in [6.45, 7) is 4.78. The van der Waals surface area contributed by atoms with Crippen LogP contribution in [0.25, 0.3) is 11.0 Å². The Morgan fingerprint density at radius 1 is 1.09 bits per heavy atom. The van der Waals surface area contributed by atoms with Gasteiger partial charge in [-0.15, -0.1) is 0 Å². The van der Waals surface area contributed by atoms with E-state index in [0.29, 0.717) is 30.5 Å². The Kier molecular flexibility index (Phi) is 6.88. The number of piperidine rings is 2. The van der Waals surface area contributed by atoms with E-state index in [0.717, 1.165) is 67.3 Å². The molecule has 2 aliphatic heterocycles. The van der Waals surface area contributed by atoms with E-state index >= 15 is 4.39 Å². The second-order valence-electron chi connectivity index (χ2n) is 9.29. The molecule has 0 bridgehead atoms. The zero-order valence-electron chi connectivity index (χ0n) is 19.0. The van der Waals surface area contributed by atoms with E-state index < -0.39 is 5.67 Å². The smallest absolute Gasteiger partial charge is 0.169 e. The molecule has 9 heteroatoms. The van der Waals surface area contributed by atoms with Gasteiger partial charge in [-0.2, -0.15) is 10.2 Å². The van der Waals surface area contributed by atoms with Crippen molar-refractivity contribution in [1.29, 1.82) is 0 Å². The molecular formula is C24H30ClFN6S. The third-order valence-electron chi connectivity index (χ3n) is 7.03. The molecule has 0 aliphatic carbocycles. The Morgan fingerprint density at radius 2 is 1.88 bits per heavy atom. The first-order chi connectivity index (χ1) is 16.0. The van der Waals surface area contributed by atoms with Gasteiger partial charge in [-0.25, -0.2) is 9.37 Å². The zero-order chi connectivity index (χ0) is 22.8. The average molecular weight is 489 g/mol. The fraction of sp³-hybridized carbons (Fsp3) is 0.542. The molecule has 0 atom stereocenters. The van der Waals surface area contributed by atoms with Crippen LogP contribution in [0.2, 0.25) is 5.02 Å². The standard InChI is InChI=1S/C24H30ClFN6S/c1-33-23-29-21-14-19(25)2-3-22(21)32(23)20-5-10-31(11-6-20)17-24(26)7-12-30(13-8-24)16-18-4-9-27-28-15-18/h2-4,9,14-15,20H,5-8,10-13,16-17H2,1H3. The van der Waals surface area contributed by atoms with Gasteiger partial charge in [0.2, 0.25) is 0 Å². The van der Waals surface area contributed by atoms with Crippen LogP contribution in [0.1, 0.15) is 37.3 Å². The molecule has 0 unspecified atom stereocenters. The van der Waals surface area contributed by atoms with Gasteiger partial charge in [0.1, 0.15) is 5.67 Å². The molecule has 3 aromatic rings. The van der Waals surface area contributed by atoms with Crippen molar-refractivity contribution in [1.82, 2.24) is 29.5 Å². The summed E-state index contributed by atoms with van der Waals surface area (Å²) in [5.41, 5.74) is 2.13. The number of nitrogens with zero attached hydrogens (tertiary/aromatic N) is 6. The predicted molar refractivity (Wildman–Crippen MR) is 132 cm³/mol. The van der Waals surface area contributed by atoms with Gasteiger partial charge in [0.05, 0.1) is 17.2 Å². The summed E-state index contributed by atoms with van der Waals surface area (Å²) in [7, 11) is 0. The maximum atomic E-state index is 15.7. The van der Waals surface area contributed by atoms with Gasteiger partial charge in [-0.1, -0.05) is 23.4 Å². The highest BCUT2D eigenvalue weighted by molar-refractivity contribution is 7.98. The Balaban J connectivity index is 1.16. The first-order valence-corrected chi connectivity index (χ1v) is 13.2. The number of hydrogen-bond donors (Lipinski definition) is 0. The quantitative estimate of drug-likeness (QED) is 0.462. The number of aromatic nitrogens is 4. The Hall–Kier alpha value is -1.74. The minimum absolute atomic E-state index is 0.390. The van der Waals surface area contributed by atoms with Crippen LogP contribution in [-0.2, 0) is 6.54 Å². The normalized spacial score (nSPS) is 20.5. The SMILES string of the molecule is CSc1nc2cc(Cl)ccc2n1C1CCN(CC2(F)CCN(Cc3ccnnc3)CC2)CC1. The summed E-state index contributed by atoms with van der Waals surface area (Å²) >= 11 is 7.85. The van der Waals surface area contributed by atoms with Crippen LogP contribution in [0.15, 0.2) is 41.8 Å². The minimum atomic E-state index is -1.09. The van der Waals surface area contributed by atoms with E-state index in [2.05, 4.69) is 36.9 Å². The molecule has 0 spiro atoms. The van der Waals surface area contributed by atoms with Crippen molar-refractivity contribution >= 4 is 34.4 Å². The number of hydrogen-bond acceptors (Lipinski definition) is 6. The number of imidazole rings is 1. The molecule has 5 rings (SSSR count). The third kappa shape index (κ3) is 5.19. The number of alkyl halides is 1. The topological polar surface area (TPSA) is 50.1 Å². The molecule has 6 nitrogen and oxygen atoms in total. The molecule has 4 heterocycles. The Bertz CT molecular complexity index is 1080. The average Bonchev–Trinajstić information content (AvgIpc) is 3.19. The molecule has 2 saturated heterocycles. The predicted octanol–water partition coefficient (Wildman–Crippen LogP) is 4.84. The van der Waals surface area contributed by atoms with Crippen LogP contribution in [-0.4, -0.2) is 74.2 Å². The second-order valence-corrected chi connectivity index (χ2v) is 10.5. The highest BCUT2D eigenvalue weighted by atomic mass is 35.5. The lowest BCUT2D eigenvalue weighted by Gasteiger charge is -2.41. The zero-order valence-corrected chi connectivity index (χ0v) is 20.5. The fourth-order valence-corrected chi connectivity index (χ4v) is 6.02. The number of thioether (sulfide) groups is 1. The summed E-state index contributed by atoms with van der Waals surface area (Å²) in [6.07, 6.45) is 8.79. The lowest BCUT2D eigenvalue weighted by atomic mass is 9.91. The summed E-state index contributed by atoms with van der Waals surface area (Å²) in [4.78, 5) is 9.43. The van der Waals surface area contributed by atoms with Gasteiger partial charge in [0, 0.05) is 56.5 Å². The molecule has 33 heavy (non-hydrogen) atoms. The molecule has 1 aromatic carbocycles. The first kappa shape index (κ1) is 23.0. The number of benzene rings is 1. The van der Waals surface area contributed by atoms with Crippen LogP contribution in [0.3, 0.4) is 0 Å². The second kappa shape index (κ2) is 9.86. The lowest BCUT2D eigenvalue weighted by molar-refractivity contribution is 0.0134. The molecule has 0 amide bonds. The van der Waals surface area contributed by atoms with E-state index in [1.165, 1.54) is 0 Å². The Morgan fingerprint density at radius 3 is 2.58 bits per heavy atom. The third-order valence-corrected chi connectivity index (χ3v) is 7.92. The number of likely N-dealkylation sites (tertiary alicyclic amines) is 2. The van der Waals surface area contributed by atoms with Gasteiger partial charge < -0.3 is 9.47 Å². The van der Waals surface area contributed by atoms with Gasteiger partial charge >= 0.3 is 0 Å². The van der Waals surface area contributed by atoms with Gasteiger partial charge in [0.25, 0.3) is 0 Å². The molecule has 2 aliphatic rings. The van der Waals surface area contributed by atoms with Crippen molar-refractivity contribution in [3.8, 4) is 0 Å². The van der Waals surface area contributed by atoms with Crippen LogP contribution in [0.4, 0.5) is 4.39 Å². The molecular weight excluding hydrogens is 459 g/mol. The van der Waals surface area contributed by atoms with Gasteiger partial charge in [-0.05, 0) is 61.8 Å². The van der Waals surface area contributed by atoms with E-state index in [1.807, 2.05) is 18.2 Å². The van der Waals surface area contributed by atoms with Gasteiger partial charge in [0.15, 0.2) is 5.16 Å². The van der Waals surface area contributed by atoms with E-state index in [1.54, 1.807) is 24.2 Å². The van der Waals surface area contributed by atoms with Crippen molar-refractivity contribution < 1.29 is 4.39 Å². The van der Waals surface area contributed by atoms with Gasteiger partial charge in [-0.3, -0.25) is 4.90 Å². The molecule has 2 fully saturated rings. The van der Waals surface area contributed by atoms with Crippen LogP contribution in [0, 0.1) is 0 Å². The number of fused-ring (bicyclic) bond motifs is 1. The maximum Gasteiger partial charge on any atom is 0.169 e. The molecule has 0 N–H and O–H groups in total. The molecule has 0 saturated carbocycles. The number of rotatable bonds is 6. The van der Waals surface area contributed by atoms with Crippen molar-refractivity contribution in [3.05, 3.63) is 47.2 Å². The maximum absolute atomic E-state index is 15.7. The summed E-state index contributed by atoms with van der Waals surface area (Å²) in [6, 6.07) is 8.32. The van der Waals surface area contributed by atoms with Crippen molar-refractivity contribution in [2.24, 2.45) is 0 Å². The summed E-state index contributed by atoms with van der Waals surface area (Å²) in [5.74, 6) is 0. The van der Waals surface area contributed by atoms with E-state index in [9.17, 15) is 0 Å².